The van der Waals surface area contributed by atoms with E-state index in [0.29, 0.717) is 18.1 Å². The van der Waals surface area contributed by atoms with Crippen molar-refractivity contribution < 1.29 is 9.59 Å². The van der Waals surface area contributed by atoms with Crippen LogP contribution in [0.5, 0.6) is 0 Å². The van der Waals surface area contributed by atoms with Gasteiger partial charge in [-0.1, -0.05) is 48.0 Å². The SMILES string of the molecule is Cc1ccccc1CN1CCN(C(=O)C[C@@H](NC(N)=O)c2ccc(Cl)cc2)CC1. The number of nitrogens with one attached hydrogen (secondary N) is 1. The minimum absolute atomic E-state index is 0.00856. The number of carbonyl (C=O) groups excluding carboxylic acids is 2. The monoisotopic (exact) mass is 414 g/mol. The predicted molar refractivity (Wildman–Crippen MR) is 115 cm³/mol. The second-order valence-corrected chi connectivity index (χ2v) is 7.84. The van der Waals surface area contributed by atoms with Crippen molar-refractivity contribution in [3.05, 3.63) is 70.2 Å². The number of nitrogens with two attached hydrogens (primary N) is 1. The van der Waals surface area contributed by atoms with Crippen LogP contribution in [0.25, 0.3) is 0 Å². The first-order chi connectivity index (χ1) is 13.9. The molecule has 0 radical (unpaired) electrons. The van der Waals surface area contributed by atoms with Crippen molar-refractivity contribution in [2.45, 2.75) is 25.9 Å². The van der Waals surface area contributed by atoms with Crippen molar-refractivity contribution in [1.29, 1.82) is 0 Å². The molecule has 0 spiro atoms. The lowest BCUT2D eigenvalue weighted by atomic mass is 10.0. The third-order valence-electron chi connectivity index (χ3n) is 5.35. The molecule has 2 aromatic carbocycles. The highest BCUT2D eigenvalue weighted by molar-refractivity contribution is 6.30. The second-order valence-electron chi connectivity index (χ2n) is 7.40. The number of hydrogen-bond donors (Lipinski definition) is 2. The molecule has 154 valence electrons. The summed E-state index contributed by atoms with van der Waals surface area (Å²) in [5, 5.41) is 3.27. The number of hydrogen-bond acceptors (Lipinski definition) is 3. The average molecular weight is 415 g/mol. The van der Waals surface area contributed by atoms with E-state index in [9.17, 15) is 9.59 Å². The fourth-order valence-corrected chi connectivity index (χ4v) is 3.73. The van der Waals surface area contributed by atoms with Gasteiger partial charge >= 0.3 is 6.03 Å². The second kappa shape index (κ2) is 9.76. The maximum absolute atomic E-state index is 12.8. The largest absolute Gasteiger partial charge is 0.352 e. The Morgan fingerprint density at radius 2 is 1.72 bits per heavy atom. The summed E-state index contributed by atoms with van der Waals surface area (Å²) in [6.45, 7) is 6.02. The summed E-state index contributed by atoms with van der Waals surface area (Å²) >= 11 is 5.94. The average Bonchev–Trinajstić information content (AvgIpc) is 2.70. The lowest BCUT2D eigenvalue weighted by molar-refractivity contribution is -0.133. The molecule has 0 aliphatic carbocycles. The molecular formula is C22H27ClN4O2. The third kappa shape index (κ3) is 5.95. The van der Waals surface area contributed by atoms with Crippen LogP contribution in [0.3, 0.4) is 0 Å². The van der Waals surface area contributed by atoms with Gasteiger partial charge in [-0.15, -0.1) is 0 Å². The van der Waals surface area contributed by atoms with Crippen LogP contribution in [0.15, 0.2) is 48.5 Å². The van der Waals surface area contributed by atoms with Gasteiger partial charge in [-0.05, 0) is 35.7 Å². The molecule has 0 bridgehead atoms. The molecule has 1 atom stereocenters. The van der Waals surface area contributed by atoms with Crippen molar-refractivity contribution in [1.82, 2.24) is 15.1 Å². The summed E-state index contributed by atoms with van der Waals surface area (Å²) in [7, 11) is 0. The molecule has 1 aliphatic heterocycles. The van der Waals surface area contributed by atoms with Gasteiger partial charge in [0.25, 0.3) is 0 Å². The highest BCUT2D eigenvalue weighted by Gasteiger charge is 2.25. The van der Waals surface area contributed by atoms with Crippen LogP contribution in [-0.4, -0.2) is 47.9 Å². The first kappa shape index (κ1) is 21.1. The van der Waals surface area contributed by atoms with Crippen LogP contribution in [-0.2, 0) is 11.3 Å². The van der Waals surface area contributed by atoms with Gasteiger partial charge in [0.05, 0.1) is 12.5 Å². The molecule has 1 fully saturated rings. The standard InChI is InChI=1S/C22H27ClN4O2/c1-16-4-2-3-5-18(16)15-26-10-12-27(13-11-26)21(28)14-20(25-22(24)29)17-6-8-19(23)9-7-17/h2-9,20H,10-15H2,1H3,(H3,24,25,29)/t20-/m1/s1. The van der Waals surface area contributed by atoms with E-state index in [1.54, 1.807) is 24.3 Å². The van der Waals surface area contributed by atoms with Gasteiger partial charge in [-0.25, -0.2) is 4.79 Å². The van der Waals surface area contributed by atoms with Gasteiger partial charge in [0.15, 0.2) is 0 Å². The molecule has 3 rings (SSSR count). The van der Waals surface area contributed by atoms with E-state index >= 15 is 0 Å². The molecule has 1 aliphatic rings. The molecule has 0 aromatic heterocycles. The molecule has 1 saturated heterocycles. The molecule has 7 heteroatoms. The zero-order valence-corrected chi connectivity index (χ0v) is 17.4. The van der Waals surface area contributed by atoms with Gasteiger partial charge in [0.1, 0.15) is 0 Å². The molecular weight excluding hydrogens is 388 g/mol. The molecule has 0 saturated carbocycles. The number of amides is 3. The number of carbonyl (C=O) groups is 2. The normalized spacial score (nSPS) is 15.7. The fraction of sp³-hybridized carbons (Fsp3) is 0.364. The van der Waals surface area contributed by atoms with Gasteiger partial charge in [-0.3, -0.25) is 9.69 Å². The van der Waals surface area contributed by atoms with E-state index in [0.717, 1.165) is 25.2 Å². The Labute approximate surface area is 176 Å². The van der Waals surface area contributed by atoms with Crippen molar-refractivity contribution in [2.24, 2.45) is 5.73 Å². The van der Waals surface area contributed by atoms with Crippen molar-refractivity contribution in [3.63, 3.8) is 0 Å². The summed E-state index contributed by atoms with van der Waals surface area (Å²) < 4.78 is 0. The minimum atomic E-state index is -0.652. The number of halogens is 1. The Kier molecular flexibility index (Phi) is 7.12. The Morgan fingerprint density at radius 3 is 2.34 bits per heavy atom. The number of rotatable bonds is 6. The number of nitrogens with zero attached hydrogens (tertiary/aromatic N) is 2. The van der Waals surface area contributed by atoms with E-state index in [4.69, 9.17) is 17.3 Å². The summed E-state index contributed by atoms with van der Waals surface area (Å²) in [6, 6.07) is 14.3. The summed E-state index contributed by atoms with van der Waals surface area (Å²) in [5.74, 6) is 0.00856. The predicted octanol–water partition coefficient (Wildman–Crippen LogP) is 3.09. The summed E-state index contributed by atoms with van der Waals surface area (Å²) in [5.41, 5.74) is 8.72. The molecule has 29 heavy (non-hydrogen) atoms. The van der Waals surface area contributed by atoms with Gasteiger partial charge in [-0.2, -0.15) is 0 Å². The molecule has 2 aromatic rings. The number of urea groups is 1. The van der Waals surface area contributed by atoms with Crippen LogP contribution in [0.2, 0.25) is 5.02 Å². The van der Waals surface area contributed by atoms with Crippen LogP contribution in [0.1, 0.15) is 29.2 Å². The Balaban J connectivity index is 1.56. The molecule has 6 nitrogen and oxygen atoms in total. The number of piperazine rings is 1. The number of aryl methyl sites for hydroxylation is 1. The topological polar surface area (TPSA) is 78.7 Å². The first-order valence-corrected chi connectivity index (χ1v) is 10.2. The fourth-order valence-electron chi connectivity index (χ4n) is 3.61. The lowest BCUT2D eigenvalue weighted by Crippen LogP contribution is -2.49. The van der Waals surface area contributed by atoms with E-state index in [1.165, 1.54) is 11.1 Å². The van der Waals surface area contributed by atoms with Gasteiger partial charge < -0.3 is 16.0 Å². The molecule has 1 heterocycles. The quantitative estimate of drug-likeness (QED) is 0.762. The van der Waals surface area contributed by atoms with E-state index in [1.807, 2.05) is 11.0 Å². The summed E-state index contributed by atoms with van der Waals surface area (Å²) in [6.07, 6.45) is 0.169. The molecule has 3 amide bonds. The van der Waals surface area contributed by atoms with Crippen LogP contribution >= 0.6 is 11.6 Å². The highest BCUT2D eigenvalue weighted by Crippen LogP contribution is 2.21. The maximum Gasteiger partial charge on any atom is 0.312 e. The first-order valence-electron chi connectivity index (χ1n) is 9.78. The van der Waals surface area contributed by atoms with E-state index in [2.05, 4.69) is 35.3 Å². The van der Waals surface area contributed by atoms with Crippen LogP contribution in [0, 0.1) is 6.92 Å². The Bertz CT molecular complexity index is 848. The smallest absolute Gasteiger partial charge is 0.312 e. The van der Waals surface area contributed by atoms with Crippen LogP contribution in [0.4, 0.5) is 4.79 Å². The summed E-state index contributed by atoms with van der Waals surface area (Å²) in [4.78, 5) is 28.5. The van der Waals surface area contributed by atoms with Crippen molar-refractivity contribution in [2.75, 3.05) is 26.2 Å². The number of benzene rings is 2. The van der Waals surface area contributed by atoms with Crippen molar-refractivity contribution in [3.8, 4) is 0 Å². The maximum atomic E-state index is 12.8. The zero-order valence-electron chi connectivity index (χ0n) is 16.6. The molecule has 3 N–H and O–H groups in total. The third-order valence-corrected chi connectivity index (χ3v) is 5.60. The minimum Gasteiger partial charge on any atom is -0.352 e. The van der Waals surface area contributed by atoms with Crippen LogP contribution < -0.4 is 11.1 Å². The lowest BCUT2D eigenvalue weighted by Gasteiger charge is -2.35. The van der Waals surface area contributed by atoms with E-state index < -0.39 is 12.1 Å². The molecule has 0 unspecified atom stereocenters. The van der Waals surface area contributed by atoms with Crippen molar-refractivity contribution >= 4 is 23.5 Å². The van der Waals surface area contributed by atoms with Gasteiger partial charge in [0, 0.05) is 37.7 Å². The zero-order chi connectivity index (χ0) is 20.8. The Hall–Kier alpha value is -2.57. The Morgan fingerprint density at radius 1 is 1.07 bits per heavy atom. The highest BCUT2D eigenvalue weighted by atomic mass is 35.5. The number of primary amides is 1. The van der Waals surface area contributed by atoms with Gasteiger partial charge in [0.2, 0.25) is 5.91 Å². The van der Waals surface area contributed by atoms with E-state index in [-0.39, 0.29) is 12.3 Å².